The zero-order chi connectivity index (χ0) is 22.8. The molecule has 0 amide bonds. The van der Waals surface area contributed by atoms with Crippen LogP contribution in [0.3, 0.4) is 0 Å². The number of nitriles is 1. The summed E-state index contributed by atoms with van der Waals surface area (Å²) in [5.41, 5.74) is 0.0512. The largest absolute Gasteiger partial charge is 0.476 e. The minimum atomic E-state index is -0.760. The Labute approximate surface area is 188 Å². The Morgan fingerprint density at radius 1 is 1.29 bits per heavy atom. The van der Waals surface area contributed by atoms with Crippen LogP contribution in [0.5, 0.6) is 5.88 Å². The lowest BCUT2D eigenvalue weighted by Gasteiger charge is -2.35. The number of rotatable bonds is 7. The molecule has 1 aliphatic rings. The SMILES string of the molecule is Cc1nn(C(C)(C)C#N)cc1Nc1ncc(Cl)c(OC[C@H]2CC[C@H](C(C)(C)O)CC2)n1. The van der Waals surface area contributed by atoms with Crippen LogP contribution in [0, 0.1) is 30.1 Å². The molecule has 2 aromatic heterocycles. The van der Waals surface area contributed by atoms with Gasteiger partial charge in [0.05, 0.1) is 42.1 Å². The summed E-state index contributed by atoms with van der Waals surface area (Å²) in [5.74, 6) is 1.43. The normalized spacial score (nSPS) is 19.7. The maximum Gasteiger partial charge on any atom is 0.237 e. The molecule has 0 spiro atoms. The maximum absolute atomic E-state index is 10.2. The molecule has 2 heterocycles. The predicted molar refractivity (Wildman–Crippen MR) is 119 cm³/mol. The molecule has 0 saturated heterocycles. The lowest BCUT2D eigenvalue weighted by Crippen LogP contribution is -2.34. The van der Waals surface area contributed by atoms with E-state index in [9.17, 15) is 10.4 Å². The first kappa shape index (κ1) is 23.3. The van der Waals surface area contributed by atoms with E-state index >= 15 is 0 Å². The Balaban J connectivity index is 1.63. The van der Waals surface area contributed by atoms with Crippen molar-refractivity contribution in [1.29, 1.82) is 5.26 Å². The molecule has 3 rings (SSSR count). The number of nitrogens with zero attached hydrogens (tertiary/aromatic N) is 5. The van der Waals surface area contributed by atoms with Crippen LogP contribution in [0.4, 0.5) is 11.6 Å². The van der Waals surface area contributed by atoms with E-state index in [2.05, 4.69) is 26.5 Å². The molecule has 1 saturated carbocycles. The van der Waals surface area contributed by atoms with E-state index in [0.29, 0.717) is 41.0 Å². The van der Waals surface area contributed by atoms with Crippen molar-refractivity contribution in [1.82, 2.24) is 19.7 Å². The van der Waals surface area contributed by atoms with Crippen LogP contribution >= 0.6 is 11.6 Å². The number of hydrogen-bond acceptors (Lipinski definition) is 7. The van der Waals surface area contributed by atoms with Crippen LogP contribution < -0.4 is 10.1 Å². The van der Waals surface area contributed by atoms with Crippen molar-refractivity contribution in [3.05, 3.63) is 23.1 Å². The van der Waals surface area contributed by atoms with E-state index in [1.165, 1.54) is 6.20 Å². The number of hydrogen-bond donors (Lipinski definition) is 2. The molecule has 2 N–H and O–H groups in total. The highest BCUT2D eigenvalue weighted by atomic mass is 35.5. The molecular formula is C22H31ClN6O2. The number of anilines is 2. The smallest absolute Gasteiger partial charge is 0.237 e. The average molecular weight is 447 g/mol. The second-order valence-electron chi connectivity index (χ2n) is 9.40. The van der Waals surface area contributed by atoms with E-state index in [4.69, 9.17) is 16.3 Å². The third-order valence-electron chi connectivity index (χ3n) is 6.01. The highest BCUT2D eigenvalue weighted by molar-refractivity contribution is 6.31. The summed E-state index contributed by atoms with van der Waals surface area (Å²) >= 11 is 6.25. The van der Waals surface area contributed by atoms with Gasteiger partial charge in [-0.15, -0.1) is 0 Å². The Kier molecular flexibility index (Phi) is 6.77. The van der Waals surface area contributed by atoms with Crippen molar-refractivity contribution in [2.45, 2.75) is 71.4 Å². The second-order valence-corrected chi connectivity index (χ2v) is 9.80. The van der Waals surface area contributed by atoms with Gasteiger partial charge in [-0.25, -0.2) is 4.98 Å². The Morgan fingerprint density at radius 2 is 1.97 bits per heavy atom. The molecule has 0 unspecified atom stereocenters. The van der Waals surface area contributed by atoms with E-state index < -0.39 is 11.1 Å². The first-order chi connectivity index (χ1) is 14.5. The predicted octanol–water partition coefficient (Wildman–Crippen LogP) is 4.59. The van der Waals surface area contributed by atoms with Crippen LogP contribution in [0.25, 0.3) is 0 Å². The minimum absolute atomic E-state index is 0.331. The van der Waals surface area contributed by atoms with Crippen LogP contribution in [-0.4, -0.2) is 37.1 Å². The summed E-state index contributed by atoms with van der Waals surface area (Å²) in [7, 11) is 0. The maximum atomic E-state index is 10.2. The molecule has 1 fully saturated rings. The topological polar surface area (TPSA) is 109 Å². The number of aliphatic hydroxyl groups is 1. The molecule has 0 aromatic carbocycles. The summed E-state index contributed by atoms with van der Waals surface area (Å²) in [5, 5.41) is 27.4. The zero-order valence-electron chi connectivity index (χ0n) is 18.8. The van der Waals surface area contributed by atoms with Crippen LogP contribution in [0.1, 0.15) is 59.1 Å². The highest BCUT2D eigenvalue weighted by Gasteiger charge is 2.31. The summed E-state index contributed by atoms with van der Waals surface area (Å²) in [6.07, 6.45) is 7.27. The third kappa shape index (κ3) is 5.66. The van der Waals surface area contributed by atoms with Gasteiger partial charge in [-0.3, -0.25) is 4.68 Å². The van der Waals surface area contributed by atoms with Gasteiger partial charge in [0.15, 0.2) is 0 Å². The zero-order valence-corrected chi connectivity index (χ0v) is 19.6. The lowest BCUT2D eigenvalue weighted by molar-refractivity contribution is -0.00911. The average Bonchev–Trinajstić information content (AvgIpc) is 3.09. The fraction of sp³-hybridized carbons (Fsp3) is 0.636. The van der Waals surface area contributed by atoms with Gasteiger partial charge in [-0.1, -0.05) is 11.6 Å². The van der Waals surface area contributed by atoms with Gasteiger partial charge in [0, 0.05) is 0 Å². The fourth-order valence-corrected chi connectivity index (χ4v) is 3.93. The number of aryl methyl sites for hydroxylation is 1. The summed E-state index contributed by atoms with van der Waals surface area (Å²) in [4.78, 5) is 8.66. The Hall–Kier alpha value is -2.37. The highest BCUT2D eigenvalue weighted by Crippen LogP contribution is 2.36. The third-order valence-corrected chi connectivity index (χ3v) is 6.26. The number of nitrogens with one attached hydrogen (secondary N) is 1. The molecule has 31 heavy (non-hydrogen) atoms. The minimum Gasteiger partial charge on any atom is -0.476 e. The van der Waals surface area contributed by atoms with Gasteiger partial charge < -0.3 is 15.2 Å². The molecule has 8 nitrogen and oxygen atoms in total. The molecule has 0 atom stereocenters. The summed E-state index contributed by atoms with van der Waals surface area (Å²) < 4.78 is 7.55. The molecule has 1 aliphatic carbocycles. The van der Waals surface area contributed by atoms with Crippen LogP contribution in [0.15, 0.2) is 12.4 Å². The Bertz CT molecular complexity index is 952. The fourth-order valence-electron chi connectivity index (χ4n) is 3.79. The van der Waals surface area contributed by atoms with Crippen LogP contribution in [0.2, 0.25) is 5.02 Å². The van der Waals surface area contributed by atoms with Crippen molar-refractivity contribution >= 4 is 23.2 Å². The van der Waals surface area contributed by atoms with Gasteiger partial charge in [-0.05, 0) is 72.1 Å². The number of ether oxygens (including phenoxy) is 1. The molecule has 168 valence electrons. The second kappa shape index (κ2) is 9.01. The quantitative estimate of drug-likeness (QED) is 0.639. The number of aromatic nitrogens is 4. The molecular weight excluding hydrogens is 416 g/mol. The van der Waals surface area contributed by atoms with Gasteiger partial charge in [0.1, 0.15) is 10.6 Å². The van der Waals surface area contributed by atoms with Crippen molar-refractivity contribution in [3.63, 3.8) is 0 Å². The van der Waals surface area contributed by atoms with Gasteiger partial charge in [0.25, 0.3) is 0 Å². The van der Waals surface area contributed by atoms with E-state index in [-0.39, 0.29) is 0 Å². The molecule has 0 bridgehead atoms. The van der Waals surface area contributed by atoms with Crippen LogP contribution in [-0.2, 0) is 5.54 Å². The molecule has 0 aliphatic heterocycles. The van der Waals surface area contributed by atoms with E-state index in [1.807, 2.05) is 20.8 Å². The van der Waals surface area contributed by atoms with Crippen molar-refractivity contribution in [2.75, 3.05) is 11.9 Å². The number of halogens is 1. The first-order valence-corrected chi connectivity index (χ1v) is 11.0. The first-order valence-electron chi connectivity index (χ1n) is 10.6. The monoisotopic (exact) mass is 446 g/mol. The molecule has 0 radical (unpaired) electrons. The summed E-state index contributed by atoms with van der Waals surface area (Å²) in [6, 6.07) is 2.23. The Morgan fingerprint density at radius 3 is 2.58 bits per heavy atom. The van der Waals surface area contributed by atoms with Crippen molar-refractivity contribution < 1.29 is 9.84 Å². The van der Waals surface area contributed by atoms with Gasteiger partial charge in [0.2, 0.25) is 11.8 Å². The van der Waals surface area contributed by atoms with Crippen molar-refractivity contribution in [3.8, 4) is 11.9 Å². The van der Waals surface area contributed by atoms with Gasteiger partial charge >= 0.3 is 0 Å². The lowest BCUT2D eigenvalue weighted by atomic mass is 9.75. The summed E-state index contributed by atoms with van der Waals surface area (Å²) in [6.45, 7) is 9.74. The van der Waals surface area contributed by atoms with Gasteiger partial charge in [-0.2, -0.15) is 15.3 Å². The standard InChI is InChI=1S/C22H31ClN6O2/c1-14-18(11-29(28-14)21(2,3)13-24)26-20-25-10-17(23)19(27-20)31-12-15-6-8-16(9-7-15)22(4,5)30/h10-11,15-16,30H,6-9,12H2,1-5H3,(H,25,26,27)/t15-,16-. The van der Waals surface area contributed by atoms with Crippen molar-refractivity contribution in [2.24, 2.45) is 11.8 Å². The molecule has 9 heteroatoms. The van der Waals surface area contributed by atoms with E-state index in [1.54, 1.807) is 24.7 Å². The van der Waals surface area contributed by atoms with E-state index in [0.717, 1.165) is 31.4 Å². The molecule has 2 aromatic rings.